The van der Waals surface area contributed by atoms with E-state index in [2.05, 4.69) is 17.4 Å². The zero-order chi connectivity index (χ0) is 18.5. The van der Waals surface area contributed by atoms with E-state index >= 15 is 0 Å². The molecule has 2 aliphatic rings. The molecular formula is C20H29N3O3. The number of nitrogens with two attached hydrogens (primary N) is 1. The molecule has 6 heteroatoms. The predicted molar refractivity (Wildman–Crippen MR) is 99.1 cm³/mol. The highest BCUT2D eigenvalue weighted by Crippen LogP contribution is 2.25. The van der Waals surface area contributed by atoms with Crippen LogP contribution < -0.4 is 11.1 Å². The first kappa shape index (κ1) is 18.9. The van der Waals surface area contributed by atoms with E-state index in [4.69, 9.17) is 10.5 Å². The number of rotatable bonds is 5. The quantitative estimate of drug-likeness (QED) is 0.833. The largest absolute Gasteiger partial charge is 0.373 e. The Bertz CT molecular complexity index is 616. The van der Waals surface area contributed by atoms with E-state index in [1.54, 1.807) is 4.90 Å². The van der Waals surface area contributed by atoms with Gasteiger partial charge >= 0.3 is 0 Å². The summed E-state index contributed by atoms with van der Waals surface area (Å²) in [5.74, 6) is -0.147. The van der Waals surface area contributed by atoms with Crippen LogP contribution in [0.4, 0.5) is 0 Å². The summed E-state index contributed by atoms with van der Waals surface area (Å²) in [5.41, 5.74) is 7.19. The van der Waals surface area contributed by atoms with Crippen molar-refractivity contribution in [2.45, 2.75) is 57.4 Å². The molecule has 1 aliphatic heterocycles. The van der Waals surface area contributed by atoms with E-state index in [0.29, 0.717) is 19.7 Å². The lowest BCUT2D eigenvalue weighted by Crippen LogP contribution is -2.50. The molecule has 0 spiro atoms. The van der Waals surface area contributed by atoms with Crippen molar-refractivity contribution < 1.29 is 14.3 Å². The summed E-state index contributed by atoms with van der Waals surface area (Å²) in [4.78, 5) is 26.0. The first-order chi connectivity index (χ1) is 12.5. The van der Waals surface area contributed by atoms with Gasteiger partial charge in [0.05, 0.1) is 18.6 Å². The fourth-order valence-electron chi connectivity index (χ4n) is 3.62. The number of carbonyl (C=O) groups is 2. The van der Waals surface area contributed by atoms with Gasteiger partial charge in [0.15, 0.2) is 0 Å². The van der Waals surface area contributed by atoms with Crippen LogP contribution in [-0.4, -0.2) is 48.0 Å². The minimum atomic E-state index is -0.170. The molecule has 2 fully saturated rings. The molecule has 0 radical (unpaired) electrons. The third-order valence-corrected chi connectivity index (χ3v) is 5.37. The van der Waals surface area contributed by atoms with Crippen molar-refractivity contribution in [2.24, 2.45) is 11.7 Å². The van der Waals surface area contributed by atoms with Crippen LogP contribution in [0.25, 0.3) is 0 Å². The van der Waals surface area contributed by atoms with Gasteiger partial charge in [-0.05, 0) is 31.2 Å². The second-order valence-electron chi connectivity index (χ2n) is 7.55. The van der Waals surface area contributed by atoms with E-state index in [9.17, 15) is 9.59 Å². The molecule has 3 N–H and O–H groups in total. The van der Waals surface area contributed by atoms with Crippen LogP contribution in [0.5, 0.6) is 0 Å². The average Bonchev–Trinajstić information content (AvgIpc) is 2.79. The van der Waals surface area contributed by atoms with E-state index in [-0.39, 0.29) is 35.9 Å². The van der Waals surface area contributed by atoms with Gasteiger partial charge in [-0.3, -0.25) is 9.59 Å². The molecule has 0 aromatic heterocycles. The molecule has 6 nitrogen and oxygen atoms in total. The summed E-state index contributed by atoms with van der Waals surface area (Å²) in [7, 11) is 0. The first-order valence-electron chi connectivity index (χ1n) is 9.48. The molecular weight excluding hydrogens is 330 g/mol. The fourth-order valence-corrected chi connectivity index (χ4v) is 3.62. The van der Waals surface area contributed by atoms with Crippen molar-refractivity contribution in [3.8, 4) is 0 Å². The lowest BCUT2D eigenvalue weighted by Gasteiger charge is -2.36. The Morgan fingerprint density at radius 3 is 2.62 bits per heavy atom. The molecule has 1 saturated carbocycles. The molecule has 2 amide bonds. The number of likely N-dealkylation sites (tertiary alicyclic amines) is 1. The number of carbonyl (C=O) groups excluding carboxylic acids is 2. The highest BCUT2D eigenvalue weighted by molar-refractivity contribution is 5.80. The van der Waals surface area contributed by atoms with E-state index < -0.39 is 0 Å². The maximum Gasteiger partial charge on any atom is 0.225 e. The minimum absolute atomic E-state index is 0.0156. The van der Waals surface area contributed by atoms with E-state index in [0.717, 1.165) is 25.7 Å². The number of hydrogen-bond donors (Lipinski definition) is 2. The van der Waals surface area contributed by atoms with Crippen molar-refractivity contribution in [1.29, 1.82) is 0 Å². The number of ether oxygens (including phenoxy) is 1. The van der Waals surface area contributed by atoms with Crippen molar-refractivity contribution in [1.82, 2.24) is 10.2 Å². The van der Waals surface area contributed by atoms with Crippen LogP contribution in [-0.2, 0) is 20.9 Å². The van der Waals surface area contributed by atoms with Crippen molar-refractivity contribution >= 4 is 11.8 Å². The van der Waals surface area contributed by atoms with Gasteiger partial charge in [0, 0.05) is 32.1 Å². The maximum absolute atomic E-state index is 12.6. The van der Waals surface area contributed by atoms with Crippen LogP contribution in [0, 0.1) is 5.92 Å². The lowest BCUT2D eigenvalue weighted by atomic mass is 9.88. The van der Waals surface area contributed by atoms with Gasteiger partial charge in [-0.2, -0.15) is 0 Å². The third-order valence-electron chi connectivity index (χ3n) is 5.37. The topological polar surface area (TPSA) is 84.7 Å². The van der Waals surface area contributed by atoms with Crippen LogP contribution in [0.2, 0.25) is 0 Å². The smallest absolute Gasteiger partial charge is 0.225 e. The molecule has 0 unspecified atom stereocenters. The molecule has 1 aromatic rings. The molecule has 2 atom stereocenters. The van der Waals surface area contributed by atoms with Gasteiger partial charge in [0.25, 0.3) is 0 Å². The van der Waals surface area contributed by atoms with Gasteiger partial charge in [0.1, 0.15) is 0 Å². The van der Waals surface area contributed by atoms with Gasteiger partial charge in [0.2, 0.25) is 11.8 Å². The maximum atomic E-state index is 12.6. The minimum Gasteiger partial charge on any atom is -0.373 e. The van der Waals surface area contributed by atoms with Crippen LogP contribution in [0.15, 0.2) is 30.3 Å². The van der Waals surface area contributed by atoms with Crippen molar-refractivity contribution in [3.63, 3.8) is 0 Å². The zero-order valence-corrected chi connectivity index (χ0v) is 15.4. The Balaban J connectivity index is 1.41. The van der Waals surface area contributed by atoms with Gasteiger partial charge in [-0.15, -0.1) is 0 Å². The molecule has 1 aromatic carbocycles. The number of benzene rings is 1. The fraction of sp³-hybridized carbons (Fsp3) is 0.600. The summed E-state index contributed by atoms with van der Waals surface area (Å²) in [5, 5.41) is 3.12. The first-order valence-corrected chi connectivity index (χ1v) is 9.48. The Kier molecular flexibility index (Phi) is 6.27. The normalized spacial score (nSPS) is 28.8. The van der Waals surface area contributed by atoms with Crippen molar-refractivity contribution in [2.75, 3.05) is 13.1 Å². The number of amides is 2. The Hall–Kier alpha value is -1.92. The summed E-state index contributed by atoms with van der Waals surface area (Å²) in [6, 6.07) is 10.2. The van der Waals surface area contributed by atoms with Crippen LogP contribution >= 0.6 is 0 Å². The Morgan fingerprint density at radius 1 is 1.19 bits per heavy atom. The summed E-state index contributed by atoms with van der Waals surface area (Å²) in [6.07, 6.45) is 3.41. The molecule has 3 rings (SSSR count). The summed E-state index contributed by atoms with van der Waals surface area (Å²) in [6.45, 7) is 3.15. The summed E-state index contributed by atoms with van der Waals surface area (Å²) >= 11 is 0. The van der Waals surface area contributed by atoms with Gasteiger partial charge in [-0.1, -0.05) is 30.3 Å². The molecule has 1 heterocycles. The highest BCUT2D eigenvalue weighted by atomic mass is 16.5. The Labute approximate surface area is 155 Å². The third kappa shape index (κ3) is 5.05. The standard InChI is InChI=1S/C20H29N3O3/c1-14(24)23-11-16(7-8-17(21)12-23)20(25)22-18-9-19(10-18)26-13-15-5-3-2-4-6-15/h2-6,16-19H,7-13,21H2,1H3,(H,22,25)/t16-,17+,18?,19?/m1/s1. The molecule has 1 aliphatic carbocycles. The zero-order valence-electron chi connectivity index (χ0n) is 15.4. The lowest BCUT2D eigenvalue weighted by molar-refractivity contribution is -0.132. The molecule has 26 heavy (non-hydrogen) atoms. The predicted octanol–water partition coefficient (Wildman–Crippen LogP) is 1.44. The number of nitrogens with zero attached hydrogens (tertiary/aromatic N) is 1. The van der Waals surface area contributed by atoms with E-state index in [1.165, 1.54) is 12.5 Å². The van der Waals surface area contributed by atoms with Gasteiger partial charge < -0.3 is 20.7 Å². The SMILES string of the molecule is CC(=O)N1C[C@@H](N)CC[C@@H](C(=O)NC2CC(OCc3ccccc3)C2)C1. The monoisotopic (exact) mass is 359 g/mol. The number of nitrogens with one attached hydrogen (secondary N) is 1. The van der Waals surface area contributed by atoms with Gasteiger partial charge in [-0.25, -0.2) is 0 Å². The summed E-state index contributed by atoms with van der Waals surface area (Å²) < 4.78 is 5.88. The highest BCUT2D eigenvalue weighted by Gasteiger charge is 2.34. The Morgan fingerprint density at radius 2 is 1.92 bits per heavy atom. The van der Waals surface area contributed by atoms with Crippen LogP contribution in [0.3, 0.4) is 0 Å². The number of hydrogen-bond acceptors (Lipinski definition) is 4. The second kappa shape index (κ2) is 8.64. The van der Waals surface area contributed by atoms with Crippen molar-refractivity contribution in [3.05, 3.63) is 35.9 Å². The second-order valence-corrected chi connectivity index (χ2v) is 7.55. The average molecular weight is 359 g/mol. The molecule has 142 valence electrons. The molecule has 1 saturated heterocycles. The van der Waals surface area contributed by atoms with E-state index in [1.807, 2.05) is 18.2 Å². The van der Waals surface area contributed by atoms with Crippen LogP contribution in [0.1, 0.15) is 38.2 Å². The molecule has 0 bridgehead atoms.